The SMILES string of the molecule is CCCCCCCC/C(=C/Br)Sc1nc2ccccc2n1/C(=C\Br)CCCCCCCC. The van der Waals surface area contributed by atoms with Gasteiger partial charge in [0.2, 0.25) is 0 Å². The lowest BCUT2D eigenvalue weighted by Crippen LogP contribution is -1.99. The Morgan fingerprint density at radius 3 is 2.03 bits per heavy atom. The zero-order valence-electron chi connectivity index (χ0n) is 19.9. The van der Waals surface area contributed by atoms with E-state index < -0.39 is 0 Å². The number of fused-ring (bicyclic) bond motifs is 1. The molecule has 1 heterocycles. The quantitative estimate of drug-likeness (QED) is 0.136. The smallest absolute Gasteiger partial charge is 0.178 e. The van der Waals surface area contributed by atoms with E-state index in [-0.39, 0.29) is 0 Å². The van der Waals surface area contributed by atoms with Crippen molar-refractivity contribution >= 4 is 60.4 Å². The van der Waals surface area contributed by atoms with Crippen molar-refractivity contribution in [2.75, 3.05) is 0 Å². The first-order valence-corrected chi connectivity index (χ1v) is 15.1. The highest BCUT2D eigenvalue weighted by atomic mass is 79.9. The van der Waals surface area contributed by atoms with E-state index in [1.807, 2.05) is 11.8 Å². The second-order valence-electron chi connectivity index (χ2n) is 8.53. The van der Waals surface area contributed by atoms with Crippen LogP contribution < -0.4 is 0 Å². The van der Waals surface area contributed by atoms with Crippen molar-refractivity contribution in [3.8, 4) is 0 Å². The largest absolute Gasteiger partial charge is 0.290 e. The van der Waals surface area contributed by atoms with Crippen molar-refractivity contribution in [2.24, 2.45) is 0 Å². The highest BCUT2D eigenvalue weighted by Gasteiger charge is 2.16. The molecule has 0 aliphatic carbocycles. The fraction of sp³-hybridized carbons (Fsp3) is 0.593. The Bertz CT molecular complexity index is 841. The van der Waals surface area contributed by atoms with Crippen molar-refractivity contribution < 1.29 is 0 Å². The summed E-state index contributed by atoms with van der Waals surface area (Å²) in [6.45, 7) is 4.55. The maximum atomic E-state index is 5.01. The van der Waals surface area contributed by atoms with Crippen LogP contribution in [0.25, 0.3) is 16.7 Å². The van der Waals surface area contributed by atoms with Crippen molar-refractivity contribution in [2.45, 2.75) is 109 Å². The Morgan fingerprint density at radius 2 is 1.41 bits per heavy atom. The van der Waals surface area contributed by atoms with Gasteiger partial charge in [-0.2, -0.15) is 0 Å². The van der Waals surface area contributed by atoms with Gasteiger partial charge < -0.3 is 0 Å². The predicted molar refractivity (Wildman–Crippen MR) is 152 cm³/mol. The van der Waals surface area contributed by atoms with E-state index in [1.54, 1.807) is 0 Å². The minimum atomic E-state index is 1.07. The molecular weight excluding hydrogens is 544 g/mol. The molecule has 0 saturated heterocycles. The Hall–Kier alpha value is -0.520. The molecular formula is C27H40Br2N2S. The number of para-hydroxylation sites is 2. The zero-order chi connectivity index (χ0) is 23.0. The third kappa shape index (κ3) is 9.38. The maximum absolute atomic E-state index is 5.01. The summed E-state index contributed by atoms with van der Waals surface area (Å²) in [5, 5.41) is 1.07. The summed E-state index contributed by atoms with van der Waals surface area (Å²) < 4.78 is 2.36. The molecule has 2 nitrogen and oxygen atoms in total. The third-order valence-corrected chi connectivity index (χ3v) is 8.28. The number of hydrogen-bond acceptors (Lipinski definition) is 2. The molecule has 2 aromatic rings. The number of allylic oxidation sites excluding steroid dienone is 2. The second kappa shape index (κ2) is 17.0. The summed E-state index contributed by atoms with van der Waals surface area (Å²) in [5.74, 6) is 0. The molecule has 32 heavy (non-hydrogen) atoms. The van der Waals surface area contributed by atoms with Crippen molar-refractivity contribution in [1.82, 2.24) is 9.55 Å². The summed E-state index contributed by atoms with van der Waals surface area (Å²) in [7, 11) is 0. The van der Waals surface area contributed by atoms with Crippen molar-refractivity contribution in [3.63, 3.8) is 0 Å². The molecule has 0 bridgehead atoms. The molecule has 0 radical (unpaired) electrons. The van der Waals surface area contributed by atoms with Gasteiger partial charge in [-0.25, -0.2) is 4.98 Å². The fourth-order valence-electron chi connectivity index (χ4n) is 3.98. The maximum Gasteiger partial charge on any atom is 0.178 e. The van der Waals surface area contributed by atoms with E-state index in [2.05, 4.69) is 84.5 Å². The number of benzene rings is 1. The Labute approximate surface area is 217 Å². The number of imidazole rings is 1. The third-order valence-electron chi connectivity index (χ3n) is 5.85. The molecule has 1 aromatic heterocycles. The van der Waals surface area contributed by atoms with Crippen LogP contribution in [-0.2, 0) is 0 Å². The lowest BCUT2D eigenvalue weighted by molar-refractivity contribution is 0.609. The van der Waals surface area contributed by atoms with E-state index in [1.165, 1.54) is 93.2 Å². The Morgan fingerprint density at radius 1 is 0.812 bits per heavy atom. The predicted octanol–water partition coefficient (Wildman–Crippen LogP) is 11.1. The van der Waals surface area contributed by atoms with E-state index in [4.69, 9.17) is 4.98 Å². The first kappa shape index (κ1) is 27.7. The molecule has 0 aliphatic heterocycles. The number of aromatic nitrogens is 2. The van der Waals surface area contributed by atoms with Crippen molar-refractivity contribution in [1.29, 1.82) is 0 Å². The van der Waals surface area contributed by atoms with Crippen LogP contribution in [0.3, 0.4) is 0 Å². The van der Waals surface area contributed by atoms with Crippen LogP contribution in [0.5, 0.6) is 0 Å². The van der Waals surface area contributed by atoms with Crippen LogP contribution in [0, 0.1) is 0 Å². The van der Waals surface area contributed by atoms with Crippen LogP contribution >= 0.6 is 43.6 Å². The monoisotopic (exact) mass is 582 g/mol. The van der Waals surface area contributed by atoms with Gasteiger partial charge in [-0.05, 0) is 47.7 Å². The molecule has 0 N–H and O–H groups in total. The first-order chi connectivity index (χ1) is 15.7. The van der Waals surface area contributed by atoms with Gasteiger partial charge in [-0.1, -0.05) is 134 Å². The first-order valence-electron chi connectivity index (χ1n) is 12.5. The van der Waals surface area contributed by atoms with E-state index in [9.17, 15) is 0 Å². The molecule has 2 rings (SSSR count). The average Bonchev–Trinajstić information content (AvgIpc) is 3.18. The topological polar surface area (TPSA) is 17.8 Å². The normalized spacial score (nSPS) is 12.8. The van der Waals surface area contributed by atoms with E-state index in [0.717, 1.165) is 23.5 Å². The standard InChI is InChI=1S/C27H40Br2N2S/c1-3-5-7-9-11-13-17-23(21-28)31-26-20-16-15-19-25(26)30-27(31)32-24(22-29)18-14-12-10-8-6-4-2/h15-16,19-22H,3-14,17-18H2,1-2H3/b23-21-,24-22-. The summed E-state index contributed by atoms with van der Waals surface area (Å²) in [6, 6.07) is 8.51. The fourth-order valence-corrected chi connectivity index (χ4v) is 5.90. The van der Waals surface area contributed by atoms with Crippen LogP contribution in [0.4, 0.5) is 0 Å². The number of hydrogen-bond donors (Lipinski definition) is 0. The van der Waals surface area contributed by atoms with Gasteiger partial charge in [0, 0.05) is 10.7 Å². The summed E-state index contributed by atoms with van der Waals surface area (Å²) in [4.78, 5) is 10.6. The van der Waals surface area contributed by atoms with Crippen LogP contribution in [-0.4, -0.2) is 9.55 Å². The Kier molecular flexibility index (Phi) is 14.7. The van der Waals surface area contributed by atoms with Gasteiger partial charge in [-0.3, -0.25) is 4.57 Å². The van der Waals surface area contributed by atoms with Crippen LogP contribution in [0.15, 0.2) is 44.3 Å². The molecule has 0 fully saturated rings. The van der Waals surface area contributed by atoms with Crippen LogP contribution in [0.2, 0.25) is 0 Å². The molecule has 0 saturated carbocycles. The van der Waals surface area contributed by atoms with Gasteiger partial charge in [0.15, 0.2) is 5.16 Å². The number of halogens is 2. The molecule has 0 spiro atoms. The van der Waals surface area contributed by atoms with Gasteiger partial charge in [0.05, 0.1) is 11.0 Å². The highest BCUT2D eigenvalue weighted by molar-refractivity contribution is 9.11. The lowest BCUT2D eigenvalue weighted by Gasteiger charge is -2.14. The zero-order valence-corrected chi connectivity index (χ0v) is 23.9. The molecule has 0 amide bonds. The van der Waals surface area contributed by atoms with Gasteiger partial charge in [0.1, 0.15) is 0 Å². The summed E-state index contributed by atoms with van der Waals surface area (Å²) >= 11 is 9.09. The van der Waals surface area contributed by atoms with Crippen molar-refractivity contribution in [3.05, 3.63) is 39.1 Å². The molecule has 0 unspecified atom stereocenters. The number of thioether (sulfide) groups is 1. The van der Waals surface area contributed by atoms with E-state index >= 15 is 0 Å². The van der Waals surface area contributed by atoms with Gasteiger partial charge in [0.25, 0.3) is 0 Å². The minimum absolute atomic E-state index is 1.07. The number of nitrogens with zero attached hydrogens (tertiary/aromatic N) is 2. The molecule has 0 aliphatic rings. The number of rotatable bonds is 17. The molecule has 0 atom stereocenters. The van der Waals surface area contributed by atoms with E-state index in [0.29, 0.717) is 0 Å². The summed E-state index contributed by atoms with van der Waals surface area (Å²) in [5.41, 5.74) is 3.56. The number of unbranched alkanes of at least 4 members (excludes halogenated alkanes) is 10. The Balaban J connectivity index is 2.06. The molecule has 1 aromatic carbocycles. The lowest BCUT2D eigenvalue weighted by atomic mass is 10.1. The summed E-state index contributed by atoms with van der Waals surface area (Å²) in [6.07, 6.45) is 18.0. The second-order valence-corrected chi connectivity index (χ2v) is 10.5. The average molecular weight is 585 g/mol. The van der Waals surface area contributed by atoms with Gasteiger partial charge >= 0.3 is 0 Å². The van der Waals surface area contributed by atoms with Crippen LogP contribution in [0.1, 0.15) is 104 Å². The molecule has 178 valence electrons. The van der Waals surface area contributed by atoms with Gasteiger partial charge in [-0.15, -0.1) is 0 Å². The highest BCUT2D eigenvalue weighted by Crippen LogP contribution is 2.36. The molecule has 5 heteroatoms. The minimum Gasteiger partial charge on any atom is -0.290 e.